The molecule has 1 aromatic heterocycles. The van der Waals surface area contributed by atoms with Crippen molar-refractivity contribution in [1.82, 2.24) is 9.78 Å². The summed E-state index contributed by atoms with van der Waals surface area (Å²) in [5.74, 6) is 0.871. The molecular formula is C18H16N4O2. The van der Waals surface area contributed by atoms with E-state index in [0.29, 0.717) is 5.69 Å². The monoisotopic (exact) mass is 320 g/mol. The molecule has 0 amide bonds. The average molecular weight is 320 g/mol. The first-order valence-corrected chi connectivity index (χ1v) is 7.86. The smallest absolute Gasteiger partial charge is 0.294 e. The Morgan fingerprint density at radius 1 is 1.12 bits per heavy atom. The van der Waals surface area contributed by atoms with E-state index in [1.54, 1.807) is 22.9 Å². The van der Waals surface area contributed by atoms with Gasteiger partial charge in [0, 0.05) is 24.6 Å². The molecule has 0 bridgehead atoms. The van der Waals surface area contributed by atoms with Gasteiger partial charge in [0.2, 0.25) is 0 Å². The van der Waals surface area contributed by atoms with Crippen LogP contribution in [0.5, 0.6) is 0 Å². The van der Waals surface area contributed by atoms with E-state index in [4.69, 9.17) is 5.10 Å². The first-order chi connectivity index (χ1) is 11.7. The van der Waals surface area contributed by atoms with Crippen molar-refractivity contribution in [2.45, 2.75) is 12.8 Å². The molecule has 1 aliphatic heterocycles. The van der Waals surface area contributed by atoms with Crippen molar-refractivity contribution in [3.05, 3.63) is 81.5 Å². The highest BCUT2D eigenvalue weighted by atomic mass is 16.6. The Hall–Kier alpha value is -3.15. The van der Waals surface area contributed by atoms with Gasteiger partial charge in [0.05, 0.1) is 10.6 Å². The lowest BCUT2D eigenvalue weighted by atomic mass is 10.1. The second-order valence-corrected chi connectivity index (χ2v) is 5.77. The number of hydrogen-bond donors (Lipinski definition) is 1. The number of nitro groups is 1. The molecule has 24 heavy (non-hydrogen) atoms. The van der Waals surface area contributed by atoms with Crippen molar-refractivity contribution in [3.63, 3.8) is 0 Å². The normalized spacial score (nSPS) is 12.7. The molecule has 6 nitrogen and oxygen atoms in total. The van der Waals surface area contributed by atoms with Crippen molar-refractivity contribution in [1.29, 1.82) is 0 Å². The fourth-order valence-corrected chi connectivity index (χ4v) is 3.15. The largest absolute Gasteiger partial charge is 0.369 e. The van der Waals surface area contributed by atoms with Crippen molar-refractivity contribution < 1.29 is 4.92 Å². The SMILES string of the molecule is O=[N+]([O-])c1ccccc1-n1nc(Cc2ccccc2)c2c1NCC2. The summed E-state index contributed by atoms with van der Waals surface area (Å²) in [4.78, 5) is 11.0. The van der Waals surface area contributed by atoms with Crippen molar-refractivity contribution in [3.8, 4) is 5.69 Å². The highest BCUT2D eigenvalue weighted by molar-refractivity contribution is 5.62. The van der Waals surface area contributed by atoms with Gasteiger partial charge in [0.25, 0.3) is 5.69 Å². The summed E-state index contributed by atoms with van der Waals surface area (Å²) in [5, 5.41) is 19.3. The van der Waals surface area contributed by atoms with Crippen molar-refractivity contribution >= 4 is 11.5 Å². The maximum atomic E-state index is 11.3. The Kier molecular flexibility index (Phi) is 3.49. The Morgan fingerprint density at radius 3 is 2.67 bits per heavy atom. The van der Waals surface area contributed by atoms with Gasteiger partial charge in [-0.25, -0.2) is 4.68 Å². The van der Waals surface area contributed by atoms with Crippen LogP contribution in [-0.2, 0) is 12.8 Å². The highest BCUT2D eigenvalue weighted by Crippen LogP contribution is 2.33. The van der Waals surface area contributed by atoms with Gasteiger partial charge >= 0.3 is 0 Å². The summed E-state index contributed by atoms with van der Waals surface area (Å²) >= 11 is 0. The first kappa shape index (κ1) is 14.4. The number of aromatic nitrogens is 2. The van der Waals surface area contributed by atoms with Crippen molar-refractivity contribution in [2.75, 3.05) is 11.9 Å². The van der Waals surface area contributed by atoms with Gasteiger partial charge in [-0.05, 0) is 18.1 Å². The number of nitrogens with one attached hydrogen (secondary N) is 1. The predicted molar refractivity (Wildman–Crippen MR) is 91.7 cm³/mol. The number of nitrogens with zero attached hydrogens (tertiary/aromatic N) is 3. The molecule has 0 aliphatic carbocycles. The summed E-state index contributed by atoms with van der Waals surface area (Å²) in [6, 6.07) is 16.8. The van der Waals surface area contributed by atoms with Crippen LogP contribution < -0.4 is 5.32 Å². The molecule has 6 heteroatoms. The van der Waals surface area contributed by atoms with E-state index in [-0.39, 0.29) is 10.6 Å². The van der Waals surface area contributed by atoms with E-state index in [9.17, 15) is 10.1 Å². The molecule has 1 aliphatic rings. The molecular weight excluding hydrogens is 304 g/mol. The van der Waals surface area contributed by atoms with E-state index < -0.39 is 0 Å². The lowest BCUT2D eigenvalue weighted by molar-refractivity contribution is -0.384. The minimum atomic E-state index is -0.366. The predicted octanol–water partition coefficient (Wildman–Crippen LogP) is 3.34. The van der Waals surface area contributed by atoms with Gasteiger partial charge in [-0.2, -0.15) is 5.10 Å². The Bertz CT molecular complexity index is 903. The third-order valence-corrected chi connectivity index (χ3v) is 4.26. The lowest BCUT2D eigenvalue weighted by Gasteiger charge is -2.06. The molecule has 4 rings (SSSR count). The number of benzene rings is 2. The van der Waals surface area contributed by atoms with E-state index in [1.165, 1.54) is 11.6 Å². The van der Waals surface area contributed by atoms with Gasteiger partial charge in [-0.3, -0.25) is 10.1 Å². The van der Waals surface area contributed by atoms with Crippen LogP contribution in [0.3, 0.4) is 0 Å². The zero-order valence-electron chi connectivity index (χ0n) is 13.0. The van der Waals surface area contributed by atoms with E-state index in [0.717, 1.165) is 36.5 Å². The lowest BCUT2D eigenvalue weighted by Crippen LogP contribution is -2.07. The average Bonchev–Trinajstić information content (AvgIpc) is 3.20. The maximum absolute atomic E-state index is 11.3. The van der Waals surface area contributed by atoms with Gasteiger partial charge in [-0.15, -0.1) is 0 Å². The third-order valence-electron chi connectivity index (χ3n) is 4.26. The summed E-state index contributed by atoms with van der Waals surface area (Å²) < 4.78 is 1.68. The Balaban J connectivity index is 1.81. The molecule has 3 aromatic rings. The Labute approximate surface area is 138 Å². The van der Waals surface area contributed by atoms with Crippen LogP contribution in [0.15, 0.2) is 54.6 Å². The summed E-state index contributed by atoms with van der Waals surface area (Å²) in [5.41, 5.74) is 3.85. The van der Waals surface area contributed by atoms with Gasteiger partial charge in [0.15, 0.2) is 0 Å². The molecule has 120 valence electrons. The molecule has 0 unspecified atom stereocenters. The molecule has 2 aromatic carbocycles. The zero-order valence-corrected chi connectivity index (χ0v) is 13.0. The van der Waals surface area contributed by atoms with Crippen LogP contribution in [0, 0.1) is 10.1 Å². The molecule has 2 heterocycles. The van der Waals surface area contributed by atoms with Crippen molar-refractivity contribution in [2.24, 2.45) is 0 Å². The van der Waals surface area contributed by atoms with E-state index in [2.05, 4.69) is 17.4 Å². The van der Waals surface area contributed by atoms with Gasteiger partial charge in [0.1, 0.15) is 11.5 Å². The second kappa shape index (κ2) is 5.81. The number of rotatable bonds is 4. The summed E-state index contributed by atoms with van der Waals surface area (Å²) in [6.07, 6.45) is 1.61. The number of fused-ring (bicyclic) bond motifs is 1. The quantitative estimate of drug-likeness (QED) is 0.591. The van der Waals surface area contributed by atoms with Crippen LogP contribution in [0.2, 0.25) is 0 Å². The van der Waals surface area contributed by atoms with Crippen LogP contribution in [0.1, 0.15) is 16.8 Å². The van der Waals surface area contributed by atoms with E-state index in [1.807, 2.05) is 18.2 Å². The number of anilines is 1. The summed E-state index contributed by atoms with van der Waals surface area (Å²) in [6.45, 7) is 0.829. The molecule has 0 fully saturated rings. The minimum Gasteiger partial charge on any atom is -0.369 e. The minimum absolute atomic E-state index is 0.0581. The topological polar surface area (TPSA) is 73.0 Å². The van der Waals surface area contributed by atoms with Crippen LogP contribution >= 0.6 is 0 Å². The van der Waals surface area contributed by atoms with Crippen LogP contribution in [0.25, 0.3) is 5.69 Å². The highest BCUT2D eigenvalue weighted by Gasteiger charge is 2.26. The van der Waals surface area contributed by atoms with E-state index >= 15 is 0 Å². The summed E-state index contributed by atoms with van der Waals surface area (Å²) in [7, 11) is 0. The molecule has 1 N–H and O–H groups in total. The maximum Gasteiger partial charge on any atom is 0.294 e. The van der Waals surface area contributed by atoms with Gasteiger partial charge < -0.3 is 5.32 Å². The molecule has 0 atom stereocenters. The van der Waals surface area contributed by atoms with Crippen LogP contribution in [-0.4, -0.2) is 21.2 Å². The number of hydrogen-bond acceptors (Lipinski definition) is 4. The first-order valence-electron chi connectivity index (χ1n) is 7.86. The molecule has 0 saturated carbocycles. The number of nitro benzene ring substituents is 1. The molecule has 0 radical (unpaired) electrons. The second-order valence-electron chi connectivity index (χ2n) is 5.77. The molecule has 0 spiro atoms. The fourth-order valence-electron chi connectivity index (χ4n) is 3.15. The van der Waals surface area contributed by atoms with Gasteiger partial charge in [-0.1, -0.05) is 42.5 Å². The molecule has 0 saturated heterocycles. The standard InChI is InChI=1S/C18H16N4O2/c23-22(24)17-9-5-4-8-16(17)21-18-14(10-11-19-18)15(20-21)12-13-6-2-1-3-7-13/h1-9,19H,10-12H2. The van der Waals surface area contributed by atoms with Crippen LogP contribution in [0.4, 0.5) is 11.5 Å². The third kappa shape index (κ3) is 2.42. The number of para-hydroxylation sites is 2. The zero-order chi connectivity index (χ0) is 16.5. The Morgan fingerprint density at radius 2 is 1.88 bits per heavy atom. The fraction of sp³-hybridized carbons (Fsp3) is 0.167.